The average molecular weight is 358 g/mol. The minimum atomic E-state index is -3.30. The molecule has 6 nitrogen and oxygen atoms in total. The van der Waals surface area contributed by atoms with Crippen LogP contribution in [0.15, 0.2) is 24.3 Å². The first kappa shape index (κ1) is 18.7. The summed E-state index contributed by atoms with van der Waals surface area (Å²) in [6.45, 7) is 2.42. The van der Waals surface area contributed by atoms with E-state index in [2.05, 4.69) is 4.72 Å². The second-order valence-electron chi connectivity index (χ2n) is 6.02. The fourth-order valence-electron chi connectivity index (χ4n) is 2.75. The molecule has 1 fully saturated rings. The fraction of sp³-hybridized carbons (Fsp3) is 0.562. The predicted molar refractivity (Wildman–Crippen MR) is 88.7 cm³/mol. The van der Waals surface area contributed by atoms with Gasteiger partial charge in [0.1, 0.15) is 11.6 Å². The van der Waals surface area contributed by atoms with Crippen LogP contribution in [-0.2, 0) is 14.8 Å². The van der Waals surface area contributed by atoms with E-state index >= 15 is 0 Å². The van der Waals surface area contributed by atoms with Crippen molar-refractivity contribution < 1.29 is 22.3 Å². The van der Waals surface area contributed by atoms with Crippen LogP contribution in [0.1, 0.15) is 26.2 Å². The number of rotatable bonds is 6. The predicted octanol–water partition coefficient (Wildman–Crippen LogP) is 1.52. The second kappa shape index (κ2) is 7.94. The first-order valence-corrected chi connectivity index (χ1v) is 9.83. The van der Waals surface area contributed by atoms with Crippen molar-refractivity contribution in [3.63, 3.8) is 0 Å². The maximum atomic E-state index is 12.9. The van der Waals surface area contributed by atoms with Crippen LogP contribution in [0.4, 0.5) is 4.39 Å². The summed E-state index contributed by atoms with van der Waals surface area (Å²) in [5.74, 6) is -0.149. The highest BCUT2D eigenvalue weighted by molar-refractivity contribution is 7.88. The molecule has 1 saturated heterocycles. The van der Waals surface area contributed by atoms with E-state index in [-0.39, 0.29) is 24.3 Å². The quantitative estimate of drug-likeness (QED) is 0.837. The number of sulfonamides is 1. The van der Waals surface area contributed by atoms with E-state index in [0.29, 0.717) is 12.3 Å². The minimum Gasteiger partial charge on any atom is -0.481 e. The van der Waals surface area contributed by atoms with Crippen molar-refractivity contribution in [2.45, 2.75) is 38.3 Å². The maximum Gasteiger partial charge on any atom is 0.263 e. The molecular formula is C16H23FN2O4S. The normalized spacial score (nSPS) is 19.8. The summed E-state index contributed by atoms with van der Waals surface area (Å²) in [6, 6.07) is 5.30. The van der Waals surface area contributed by atoms with Crippen molar-refractivity contribution in [2.75, 3.05) is 19.3 Å². The lowest BCUT2D eigenvalue weighted by Gasteiger charge is -2.37. The Bertz CT molecular complexity index is 663. The smallest absolute Gasteiger partial charge is 0.263 e. The Hall–Kier alpha value is -1.67. The van der Waals surface area contributed by atoms with E-state index in [1.165, 1.54) is 24.3 Å². The van der Waals surface area contributed by atoms with Gasteiger partial charge in [0.15, 0.2) is 6.10 Å². The topological polar surface area (TPSA) is 75.7 Å². The first-order chi connectivity index (χ1) is 11.3. The number of halogens is 1. The minimum absolute atomic E-state index is 0.180. The van der Waals surface area contributed by atoms with Crippen LogP contribution >= 0.6 is 0 Å². The number of piperidine rings is 1. The van der Waals surface area contributed by atoms with E-state index in [9.17, 15) is 17.6 Å². The highest BCUT2D eigenvalue weighted by Crippen LogP contribution is 2.20. The van der Waals surface area contributed by atoms with E-state index in [1.54, 1.807) is 11.8 Å². The number of benzene rings is 1. The first-order valence-electron chi connectivity index (χ1n) is 7.93. The zero-order chi connectivity index (χ0) is 17.7. The Kier molecular flexibility index (Phi) is 6.17. The highest BCUT2D eigenvalue weighted by Gasteiger charge is 2.31. The van der Waals surface area contributed by atoms with Gasteiger partial charge in [-0.15, -0.1) is 0 Å². The molecule has 0 aromatic heterocycles. The lowest BCUT2D eigenvalue weighted by molar-refractivity contribution is -0.141. The van der Waals surface area contributed by atoms with Gasteiger partial charge in [0.25, 0.3) is 5.91 Å². The Balaban J connectivity index is 2.00. The second-order valence-corrected chi connectivity index (χ2v) is 7.85. The molecular weight excluding hydrogens is 335 g/mol. The van der Waals surface area contributed by atoms with Gasteiger partial charge in [-0.05, 0) is 50.5 Å². The number of carbonyl (C=O) groups is 1. The van der Waals surface area contributed by atoms with Gasteiger partial charge in [-0.1, -0.05) is 0 Å². The molecule has 1 aromatic rings. The van der Waals surface area contributed by atoms with Crippen LogP contribution in [0.5, 0.6) is 5.75 Å². The monoisotopic (exact) mass is 358 g/mol. The SMILES string of the molecule is CC(Oc1ccc(F)cc1)C(=O)N1CCCCC1CNS(C)(=O)=O. The maximum absolute atomic E-state index is 12.9. The van der Waals surface area contributed by atoms with Gasteiger partial charge >= 0.3 is 0 Å². The zero-order valence-corrected chi connectivity index (χ0v) is 14.7. The average Bonchev–Trinajstić information content (AvgIpc) is 2.54. The molecule has 1 aliphatic rings. The summed E-state index contributed by atoms with van der Waals surface area (Å²) in [5, 5.41) is 0. The Morgan fingerprint density at radius 3 is 2.67 bits per heavy atom. The van der Waals surface area contributed by atoms with Gasteiger partial charge < -0.3 is 9.64 Å². The van der Waals surface area contributed by atoms with Crippen molar-refractivity contribution >= 4 is 15.9 Å². The van der Waals surface area contributed by atoms with Crippen molar-refractivity contribution in [2.24, 2.45) is 0 Å². The highest BCUT2D eigenvalue weighted by atomic mass is 32.2. The molecule has 1 amide bonds. The molecule has 2 unspecified atom stereocenters. The summed E-state index contributed by atoms with van der Waals surface area (Å²) >= 11 is 0. The summed E-state index contributed by atoms with van der Waals surface area (Å²) in [6.07, 6.45) is 2.95. The lowest BCUT2D eigenvalue weighted by Crippen LogP contribution is -2.52. The van der Waals surface area contributed by atoms with Crippen molar-refractivity contribution in [3.05, 3.63) is 30.1 Å². The lowest BCUT2D eigenvalue weighted by atomic mass is 10.0. The third-order valence-electron chi connectivity index (χ3n) is 3.97. The molecule has 1 aliphatic heterocycles. The van der Waals surface area contributed by atoms with Crippen LogP contribution in [0.2, 0.25) is 0 Å². The van der Waals surface area contributed by atoms with Crippen LogP contribution in [-0.4, -0.2) is 50.7 Å². The number of likely N-dealkylation sites (tertiary alicyclic amines) is 1. The summed E-state index contributed by atoms with van der Waals surface area (Å²) in [7, 11) is -3.30. The van der Waals surface area contributed by atoms with Gasteiger partial charge in [0, 0.05) is 19.1 Å². The molecule has 8 heteroatoms. The van der Waals surface area contributed by atoms with Gasteiger partial charge in [0.05, 0.1) is 6.26 Å². The molecule has 2 rings (SSSR count). The van der Waals surface area contributed by atoms with Crippen molar-refractivity contribution in [1.29, 1.82) is 0 Å². The Morgan fingerprint density at radius 2 is 2.04 bits per heavy atom. The number of ether oxygens (including phenoxy) is 1. The molecule has 0 bridgehead atoms. The number of carbonyl (C=O) groups excluding carboxylic acids is 1. The molecule has 0 aliphatic carbocycles. The van der Waals surface area contributed by atoms with E-state index < -0.39 is 16.1 Å². The number of amides is 1. The van der Waals surface area contributed by atoms with Crippen LogP contribution in [0, 0.1) is 5.82 Å². The van der Waals surface area contributed by atoms with Crippen LogP contribution in [0.3, 0.4) is 0 Å². The van der Waals surface area contributed by atoms with Crippen LogP contribution < -0.4 is 9.46 Å². The molecule has 1 aromatic carbocycles. The number of nitrogens with zero attached hydrogens (tertiary/aromatic N) is 1. The van der Waals surface area contributed by atoms with Gasteiger partial charge in [-0.2, -0.15) is 0 Å². The van der Waals surface area contributed by atoms with Gasteiger partial charge in [0.2, 0.25) is 10.0 Å². The summed E-state index contributed by atoms with van der Waals surface area (Å²) in [5.41, 5.74) is 0. The van der Waals surface area contributed by atoms with Crippen LogP contribution in [0.25, 0.3) is 0 Å². The zero-order valence-electron chi connectivity index (χ0n) is 13.9. The van der Waals surface area contributed by atoms with Crippen molar-refractivity contribution in [3.8, 4) is 5.75 Å². The fourth-order valence-corrected chi connectivity index (χ4v) is 3.25. The Labute approximate surface area is 142 Å². The third kappa shape index (κ3) is 5.45. The number of nitrogens with one attached hydrogen (secondary N) is 1. The molecule has 0 radical (unpaired) electrons. The summed E-state index contributed by atoms with van der Waals surface area (Å²) in [4.78, 5) is 14.3. The number of hydrogen-bond acceptors (Lipinski definition) is 4. The van der Waals surface area contributed by atoms with Crippen molar-refractivity contribution in [1.82, 2.24) is 9.62 Å². The molecule has 1 heterocycles. The Morgan fingerprint density at radius 1 is 1.38 bits per heavy atom. The molecule has 1 N–H and O–H groups in total. The van der Waals surface area contributed by atoms with Gasteiger partial charge in [-0.3, -0.25) is 4.79 Å². The third-order valence-corrected chi connectivity index (χ3v) is 4.66. The van der Waals surface area contributed by atoms with Gasteiger partial charge in [-0.25, -0.2) is 17.5 Å². The largest absolute Gasteiger partial charge is 0.481 e. The summed E-state index contributed by atoms with van der Waals surface area (Å²) < 4.78 is 43.5. The van der Waals surface area contributed by atoms with E-state index in [4.69, 9.17) is 4.74 Å². The molecule has 24 heavy (non-hydrogen) atoms. The molecule has 2 atom stereocenters. The number of hydrogen-bond donors (Lipinski definition) is 1. The van der Waals surface area contributed by atoms with E-state index in [0.717, 1.165) is 25.5 Å². The molecule has 134 valence electrons. The molecule has 0 spiro atoms. The standard InChI is InChI=1S/C16H23FN2O4S/c1-12(23-15-8-6-13(17)7-9-15)16(20)19-10-4-3-5-14(19)11-18-24(2,21)22/h6-9,12,14,18H,3-5,10-11H2,1-2H3. The molecule has 0 saturated carbocycles. The van der Waals surface area contributed by atoms with E-state index in [1.807, 2.05) is 0 Å².